The maximum atomic E-state index is 12.1. The topological polar surface area (TPSA) is 73.9 Å². The third-order valence-electron chi connectivity index (χ3n) is 5.40. The lowest BCUT2D eigenvalue weighted by Crippen LogP contribution is -2.47. The number of nitrogens with one attached hydrogen (secondary N) is 2. The van der Waals surface area contributed by atoms with E-state index in [1.54, 1.807) is 25.3 Å². The number of aryl methyl sites for hydroxylation is 1. The number of carbonyl (C=O) groups excluding carboxylic acids is 2. The van der Waals surface area contributed by atoms with Crippen molar-refractivity contribution in [2.75, 3.05) is 56.6 Å². The smallest absolute Gasteiger partial charge is 0.313 e. The van der Waals surface area contributed by atoms with Gasteiger partial charge in [0.05, 0.1) is 7.11 Å². The summed E-state index contributed by atoms with van der Waals surface area (Å²) in [6, 6.07) is 13.3. The van der Waals surface area contributed by atoms with Crippen LogP contribution in [0.1, 0.15) is 12.0 Å². The van der Waals surface area contributed by atoms with E-state index in [1.165, 1.54) is 5.69 Å². The summed E-state index contributed by atoms with van der Waals surface area (Å²) < 4.78 is 5.21. The number of ether oxygens (including phenoxy) is 1. The van der Waals surface area contributed by atoms with Crippen LogP contribution in [0.25, 0.3) is 0 Å². The molecule has 0 saturated carbocycles. The second-order valence-electron chi connectivity index (χ2n) is 7.55. The number of rotatable bonds is 7. The van der Waals surface area contributed by atoms with Crippen LogP contribution in [0.3, 0.4) is 0 Å². The largest absolute Gasteiger partial charge is 0.497 e. The molecule has 0 radical (unpaired) electrons. The number of halogens is 1. The van der Waals surface area contributed by atoms with Crippen molar-refractivity contribution in [3.05, 3.63) is 53.1 Å². The fraction of sp³-hybridized carbons (Fsp3) is 0.391. The van der Waals surface area contributed by atoms with Gasteiger partial charge in [-0.15, -0.1) is 0 Å². The molecule has 7 nitrogen and oxygen atoms in total. The number of nitrogens with zero attached hydrogens (tertiary/aromatic N) is 2. The summed E-state index contributed by atoms with van der Waals surface area (Å²) in [7, 11) is 1.67. The molecule has 1 aliphatic rings. The van der Waals surface area contributed by atoms with Crippen LogP contribution in [0, 0.1) is 6.92 Å². The molecule has 166 valence electrons. The van der Waals surface area contributed by atoms with E-state index in [2.05, 4.69) is 32.6 Å². The monoisotopic (exact) mass is 444 g/mol. The molecular weight excluding hydrogens is 416 g/mol. The number of piperazine rings is 1. The van der Waals surface area contributed by atoms with Gasteiger partial charge in [-0.05, 0) is 61.9 Å². The Morgan fingerprint density at radius 3 is 2.42 bits per heavy atom. The Labute approximate surface area is 188 Å². The highest BCUT2D eigenvalue weighted by Gasteiger charge is 2.18. The van der Waals surface area contributed by atoms with E-state index in [0.29, 0.717) is 17.3 Å². The first-order chi connectivity index (χ1) is 15.0. The van der Waals surface area contributed by atoms with Gasteiger partial charge in [0, 0.05) is 49.1 Å². The number of carbonyl (C=O) groups is 2. The third-order valence-corrected chi connectivity index (χ3v) is 5.64. The van der Waals surface area contributed by atoms with Gasteiger partial charge in [-0.1, -0.05) is 17.7 Å². The molecule has 1 saturated heterocycles. The van der Waals surface area contributed by atoms with Crippen LogP contribution in [-0.4, -0.2) is 63.1 Å². The standard InChI is InChI=1S/C23H29ClN4O3/c1-17-4-5-18(24)16-21(17)26-23(30)22(29)25-10-3-11-27-12-14-28(15-13-27)19-6-8-20(31-2)9-7-19/h4-9,16H,3,10-15H2,1-2H3,(H,25,29)(H,26,30). The quantitative estimate of drug-likeness (QED) is 0.507. The van der Waals surface area contributed by atoms with Gasteiger partial charge in [-0.25, -0.2) is 0 Å². The highest BCUT2D eigenvalue weighted by molar-refractivity contribution is 6.40. The Morgan fingerprint density at radius 1 is 1.03 bits per heavy atom. The van der Waals surface area contributed by atoms with Gasteiger partial charge in [-0.2, -0.15) is 0 Å². The normalized spacial score (nSPS) is 14.2. The molecule has 1 aliphatic heterocycles. The molecule has 0 bridgehead atoms. The first kappa shape index (κ1) is 22.9. The van der Waals surface area contributed by atoms with Crippen LogP contribution in [-0.2, 0) is 9.59 Å². The minimum absolute atomic E-state index is 0.458. The highest BCUT2D eigenvalue weighted by atomic mass is 35.5. The molecule has 2 aromatic carbocycles. The van der Waals surface area contributed by atoms with E-state index >= 15 is 0 Å². The predicted molar refractivity (Wildman–Crippen MR) is 124 cm³/mol. The Hall–Kier alpha value is -2.77. The summed E-state index contributed by atoms with van der Waals surface area (Å²) in [5.74, 6) is -0.456. The van der Waals surface area contributed by atoms with Crippen molar-refractivity contribution in [3.63, 3.8) is 0 Å². The van der Waals surface area contributed by atoms with Gasteiger partial charge >= 0.3 is 11.8 Å². The molecular formula is C23H29ClN4O3. The Balaban J connectivity index is 1.34. The summed E-state index contributed by atoms with van der Waals surface area (Å²) >= 11 is 5.95. The second kappa shape index (κ2) is 11.0. The molecule has 0 spiro atoms. The molecule has 3 rings (SSSR count). The zero-order valence-electron chi connectivity index (χ0n) is 18.0. The lowest BCUT2D eigenvalue weighted by Gasteiger charge is -2.36. The van der Waals surface area contributed by atoms with Crippen molar-refractivity contribution in [2.24, 2.45) is 0 Å². The summed E-state index contributed by atoms with van der Waals surface area (Å²) in [5.41, 5.74) is 2.59. The SMILES string of the molecule is COc1ccc(N2CCN(CCCNC(=O)C(=O)Nc3cc(Cl)ccc3C)CC2)cc1. The van der Waals surface area contributed by atoms with E-state index in [-0.39, 0.29) is 0 Å². The number of benzene rings is 2. The molecule has 0 atom stereocenters. The first-order valence-electron chi connectivity index (χ1n) is 10.4. The molecule has 0 aromatic heterocycles. The van der Waals surface area contributed by atoms with Crippen molar-refractivity contribution in [2.45, 2.75) is 13.3 Å². The van der Waals surface area contributed by atoms with Gasteiger partial charge in [-0.3, -0.25) is 14.5 Å². The molecule has 2 amide bonds. The predicted octanol–water partition coefficient (Wildman–Crippen LogP) is 2.92. The van der Waals surface area contributed by atoms with Gasteiger partial charge in [0.15, 0.2) is 0 Å². The van der Waals surface area contributed by atoms with Crippen molar-refractivity contribution >= 4 is 34.8 Å². The van der Waals surface area contributed by atoms with Crippen molar-refractivity contribution in [3.8, 4) is 5.75 Å². The molecule has 31 heavy (non-hydrogen) atoms. The lowest BCUT2D eigenvalue weighted by molar-refractivity contribution is -0.136. The van der Waals surface area contributed by atoms with Crippen LogP contribution < -0.4 is 20.3 Å². The summed E-state index contributed by atoms with van der Waals surface area (Å²) in [6.45, 7) is 7.03. The fourth-order valence-corrected chi connectivity index (χ4v) is 3.69. The Kier molecular flexibility index (Phi) is 8.14. The average molecular weight is 445 g/mol. The second-order valence-corrected chi connectivity index (χ2v) is 7.99. The number of hydrogen-bond acceptors (Lipinski definition) is 5. The van der Waals surface area contributed by atoms with Crippen molar-refractivity contribution in [1.29, 1.82) is 0 Å². The number of amides is 2. The summed E-state index contributed by atoms with van der Waals surface area (Å²) in [6.07, 6.45) is 0.789. The molecule has 1 fully saturated rings. The van der Waals surface area contributed by atoms with Gasteiger partial charge in [0.1, 0.15) is 5.75 Å². The molecule has 0 aliphatic carbocycles. The number of hydrogen-bond donors (Lipinski definition) is 2. The lowest BCUT2D eigenvalue weighted by atomic mass is 10.2. The van der Waals surface area contributed by atoms with Gasteiger partial charge < -0.3 is 20.3 Å². The number of methoxy groups -OCH3 is 1. The maximum Gasteiger partial charge on any atom is 0.313 e. The van der Waals surface area contributed by atoms with Crippen LogP contribution in [0.15, 0.2) is 42.5 Å². The number of anilines is 2. The van der Waals surface area contributed by atoms with E-state index < -0.39 is 11.8 Å². The van der Waals surface area contributed by atoms with E-state index in [9.17, 15) is 9.59 Å². The van der Waals surface area contributed by atoms with E-state index in [1.807, 2.05) is 19.1 Å². The zero-order valence-corrected chi connectivity index (χ0v) is 18.7. The summed E-state index contributed by atoms with van der Waals surface area (Å²) in [5, 5.41) is 5.81. The van der Waals surface area contributed by atoms with E-state index in [0.717, 1.165) is 50.5 Å². The summed E-state index contributed by atoms with van der Waals surface area (Å²) in [4.78, 5) is 28.9. The maximum absolute atomic E-state index is 12.1. The van der Waals surface area contributed by atoms with E-state index in [4.69, 9.17) is 16.3 Å². The molecule has 2 N–H and O–H groups in total. The zero-order chi connectivity index (χ0) is 22.2. The minimum Gasteiger partial charge on any atom is -0.497 e. The first-order valence-corrected chi connectivity index (χ1v) is 10.8. The highest BCUT2D eigenvalue weighted by Crippen LogP contribution is 2.21. The fourth-order valence-electron chi connectivity index (χ4n) is 3.52. The van der Waals surface area contributed by atoms with Crippen molar-refractivity contribution in [1.82, 2.24) is 10.2 Å². The van der Waals surface area contributed by atoms with Gasteiger partial charge in [0.2, 0.25) is 0 Å². The van der Waals surface area contributed by atoms with Crippen LogP contribution in [0.5, 0.6) is 5.75 Å². The molecule has 2 aromatic rings. The minimum atomic E-state index is -0.682. The third kappa shape index (κ3) is 6.60. The Morgan fingerprint density at radius 2 is 1.74 bits per heavy atom. The van der Waals surface area contributed by atoms with Crippen LogP contribution >= 0.6 is 11.6 Å². The van der Waals surface area contributed by atoms with Crippen molar-refractivity contribution < 1.29 is 14.3 Å². The average Bonchev–Trinajstić information content (AvgIpc) is 2.79. The molecule has 8 heteroatoms. The van der Waals surface area contributed by atoms with Gasteiger partial charge in [0.25, 0.3) is 0 Å². The van der Waals surface area contributed by atoms with Crippen LogP contribution in [0.4, 0.5) is 11.4 Å². The molecule has 0 unspecified atom stereocenters. The van der Waals surface area contributed by atoms with Crippen LogP contribution in [0.2, 0.25) is 5.02 Å². The Bertz CT molecular complexity index is 896. The molecule has 1 heterocycles.